The lowest BCUT2D eigenvalue weighted by Gasteiger charge is -2.39. The fourth-order valence-corrected chi connectivity index (χ4v) is 3.39. The van der Waals surface area contributed by atoms with Gasteiger partial charge in [-0.15, -0.1) is 0 Å². The van der Waals surface area contributed by atoms with Crippen LogP contribution in [0.2, 0.25) is 0 Å². The first-order valence-corrected chi connectivity index (χ1v) is 7.62. The van der Waals surface area contributed by atoms with Gasteiger partial charge in [-0.1, -0.05) is 0 Å². The first kappa shape index (κ1) is 14.0. The number of nitrogens with zero attached hydrogens (tertiary/aromatic N) is 3. The monoisotopic (exact) mass is 285 g/mol. The van der Waals surface area contributed by atoms with Gasteiger partial charge < -0.3 is 20.4 Å². The predicted octanol–water partition coefficient (Wildman–Crippen LogP) is 1.61. The molecule has 1 aromatic carbocycles. The maximum atomic E-state index is 9.51. The number of nitrogens with one attached hydrogen (secondary N) is 2. The summed E-state index contributed by atoms with van der Waals surface area (Å²) in [6.45, 7) is 8.19. The second-order valence-corrected chi connectivity index (χ2v) is 6.22. The number of piperazine rings is 1. The quantitative estimate of drug-likeness (QED) is 0.821. The summed E-state index contributed by atoms with van der Waals surface area (Å²) in [5, 5.41) is 16.4. The largest absolute Gasteiger partial charge is 0.382 e. The van der Waals surface area contributed by atoms with Gasteiger partial charge in [0.15, 0.2) is 0 Å². The van der Waals surface area contributed by atoms with Gasteiger partial charge >= 0.3 is 0 Å². The molecule has 1 fully saturated rings. The van der Waals surface area contributed by atoms with Crippen molar-refractivity contribution in [3.63, 3.8) is 0 Å². The van der Waals surface area contributed by atoms with Crippen LogP contribution in [0.25, 0.3) is 0 Å². The van der Waals surface area contributed by atoms with E-state index in [2.05, 4.69) is 53.5 Å². The molecule has 1 aromatic rings. The van der Waals surface area contributed by atoms with Gasteiger partial charge in [-0.25, -0.2) is 0 Å². The van der Waals surface area contributed by atoms with Crippen LogP contribution in [0.1, 0.15) is 19.4 Å². The van der Waals surface area contributed by atoms with Crippen LogP contribution in [0.3, 0.4) is 0 Å². The molecule has 2 N–H and O–H groups in total. The maximum absolute atomic E-state index is 9.51. The Morgan fingerprint density at radius 2 is 1.90 bits per heavy atom. The number of nitriles is 1. The molecule has 112 valence electrons. The lowest BCUT2D eigenvalue weighted by atomic mass is 10.0. The summed E-state index contributed by atoms with van der Waals surface area (Å²) in [4.78, 5) is 4.60. The second-order valence-electron chi connectivity index (χ2n) is 6.22. The van der Waals surface area contributed by atoms with Crippen LogP contribution in [0.5, 0.6) is 0 Å². The van der Waals surface area contributed by atoms with E-state index in [1.165, 1.54) is 5.69 Å². The van der Waals surface area contributed by atoms with E-state index < -0.39 is 0 Å². The highest BCUT2D eigenvalue weighted by Gasteiger charge is 2.25. The van der Waals surface area contributed by atoms with Crippen LogP contribution in [0, 0.1) is 11.3 Å². The summed E-state index contributed by atoms with van der Waals surface area (Å²) in [7, 11) is 2.11. The summed E-state index contributed by atoms with van der Waals surface area (Å²) >= 11 is 0. The second kappa shape index (κ2) is 5.45. The molecule has 2 aliphatic rings. The number of rotatable bonds is 1. The van der Waals surface area contributed by atoms with Gasteiger partial charge in [0.1, 0.15) is 6.07 Å². The predicted molar refractivity (Wildman–Crippen MR) is 87.2 cm³/mol. The number of benzene rings is 1. The zero-order valence-electron chi connectivity index (χ0n) is 13.0. The fraction of sp³-hybridized carbons (Fsp3) is 0.562. The minimum Gasteiger partial charge on any atom is -0.382 e. The van der Waals surface area contributed by atoms with Crippen LogP contribution in [-0.4, -0.2) is 45.3 Å². The number of fused-ring (bicyclic) bond motifs is 1. The summed E-state index contributed by atoms with van der Waals surface area (Å²) < 4.78 is 0. The summed E-state index contributed by atoms with van der Waals surface area (Å²) in [6, 6.07) is 7.41. The average molecular weight is 285 g/mol. The number of anilines is 3. The molecule has 0 bridgehead atoms. The number of likely N-dealkylation sites (N-methyl/N-ethyl adjacent to an activating group) is 1. The maximum Gasteiger partial charge on any atom is 0.101 e. The van der Waals surface area contributed by atoms with Crippen LogP contribution in [0.4, 0.5) is 17.1 Å². The van der Waals surface area contributed by atoms with Crippen molar-refractivity contribution in [2.75, 3.05) is 48.3 Å². The third-order valence-electron chi connectivity index (χ3n) is 4.31. The Kier molecular flexibility index (Phi) is 3.64. The molecule has 0 amide bonds. The van der Waals surface area contributed by atoms with Crippen molar-refractivity contribution < 1.29 is 0 Å². The molecule has 2 atom stereocenters. The molecule has 0 aromatic heterocycles. The molecule has 2 heterocycles. The lowest BCUT2D eigenvalue weighted by molar-refractivity contribution is 0.407. The Morgan fingerprint density at radius 1 is 1.19 bits per heavy atom. The van der Waals surface area contributed by atoms with Crippen molar-refractivity contribution in [2.24, 2.45) is 0 Å². The minimum absolute atomic E-state index is 0.437. The molecule has 0 radical (unpaired) electrons. The standard InChI is InChI=1S/C16H23N5/c1-11-9-21(10-12(2)19-11)15-7-16-14(6-13(15)8-17)18-4-5-20(16)3/h6-7,11-12,18-19H,4-5,9-10H2,1-3H3. The molecule has 1 saturated heterocycles. The van der Waals surface area contributed by atoms with E-state index in [0.29, 0.717) is 12.1 Å². The molecular formula is C16H23N5. The van der Waals surface area contributed by atoms with Gasteiger partial charge in [0.25, 0.3) is 0 Å². The summed E-state index contributed by atoms with van der Waals surface area (Å²) in [5.41, 5.74) is 4.08. The molecule has 3 rings (SSSR count). The van der Waals surface area contributed by atoms with Crippen molar-refractivity contribution in [3.05, 3.63) is 17.7 Å². The van der Waals surface area contributed by atoms with Crippen LogP contribution < -0.4 is 20.4 Å². The van der Waals surface area contributed by atoms with Crippen molar-refractivity contribution in [1.82, 2.24) is 5.32 Å². The van der Waals surface area contributed by atoms with Gasteiger partial charge in [-0.3, -0.25) is 0 Å². The third-order valence-corrected chi connectivity index (χ3v) is 4.31. The average Bonchev–Trinajstić information content (AvgIpc) is 2.45. The molecule has 5 nitrogen and oxygen atoms in total. The fourth-order valence-electron chi connectivity index (χ4n) is 3.39. The van der Waals surface area contributed by atoms with Gasteiger partial charge in [0.05, 0.1) is 22.6 Å². The van der Waals surface area contributed by atoms with E-state index in [1.807, 2.05) is 6.07 Å². The molecule has 0 aliphatic carbocycles. The van der Waals surface area contributed by atoms with Gasteiger partial charge in [0, 0.05) is 45.3 Å². The Balaban J connectivity index is 2.01. The molecule has 21 heavy (non-hydrogen) atoms. The number of hydrogen-bond donors (Lipinski definition) is 2. The first-order valence-electron chi connectivity index (χ1n) is 7.62. The van der Waals surface area contributed by atoms with E-state index in [9.17, 15) is 5.26 Å². The normalized spacial score (nSPS) is 25.0. The Hall–Kier alpha value is -1.93. The SMILES string of the molecule is CC1CN(c2cc3c(cc2C#N)NCCN3C)CC(C)N1. The minimum atomic E-state index is 0.437. The van der Waals surface area contributed by atoms with E-state index >= 15 is 0 Å². The summed E-state index contributed by atoms with van der Waals surface area (Å²) in [5.74, 6) is 0. The van der Waals surface area contributed by atoms with Gasteiger partial charge in [0.2, 0.25) is 0 Å². The van der Waals surface area contributed by atoms with Crippen molar-refractivity contribution in [2.45, 2.75) is 25.9 Å². The molecule has 2 unspecified atom stereocenters. The first-order chi connectivity index (χ1) is 10.1. The molecule has 5 heteroatoms. The van der Waals surface area contributed by atoms with E-state index in [4.69, 9.17) is 0 Å². The van der Waals surface area contributed by atoms with Crippen LogP contribution in [0.15, 0.2) is 12.1 Å². The zero-order valence-corrected chi connectivity index (χ0v) is 13.0. The van der Waals surface area contributed by atoms with Crippen molar-refractivity contribution >= 4 is 17.1 Å². The topological polar surface area (TPSA) is 54.3 Å². The van der Waals surface area contributed by atoms with E-state index in [0.717, 1.165) is 43.1 Å². The highest BCUT2D eigenvalue weighted by Crippen LogP contribution is 2.35. The lowest BCUT2D eigenvalue weighted by Crippen LogP contribution is -2.54. The van der Waals surface area contributed by atoms with Crippen molar-refractivity contribution in [3.8, 4) is 6.07 Å². The molecule has 2 aliphatic heterocycles. The number of hydrogen-bond acceptors (Lipinski definition) is 5. The van der Waals surface area contributed by atoms with E-state index in [1.54, 1.807) is 0 Å². The van der Waals surface area contributed by atoms with Crippen LogP contribution >= 0.6 is 0 Å². The molecule has 0 spiro atoms. The molecular weight excluding hydrogens is 262 g/mol. The summed E-state index contributed by atoms with van der Waals surface area (Å²) in [6.07, 6.45) is 0. The van der Waals surface area contributed by atoms with E-state index in [-0.39, 0.29) is 0 Å². The van der Waals surface area contributed by atoms with Gasteiger partial charge in [-0.05, 0) is 26.0 Å². The third kappa shape index (κ3) is 2.64. The Morgan fingerprint density at radius 3 is 2.57 bits per heavy atom. The Bertz CT molecular complexity index is 567. The zero-order chi connectivity index (χ0) is 15.0. The van der Waals surface area contributed by atoms with Crippen molar-refractivity contribution in [1.29, 1.82) is 5.26 Å². The molecule has 0 saturated carbocycles. The highest BCUT2D eigenvalue weighted by molar-refractivity contribution is 5.80. The van der Waals surface area contributed by atoms with Crippen LogP contribution in [-0.2, 0) is 0 Å². The highest BCUT2D eigenvalue weighted by atomic mass is 15.2. The smallest absolute Gasteiger partial charge is 0.101 e. The Labute approximate surface area is 126 Å². The van der Waals surface area contributed by atoms with Gasteiger partial charge in [-0.2, -0.15) is 5.26 Å².